The second-order valence-electron chi connectivity index (χ2n) is 6.38. The topological polar surface area (TPSA) is 76.3 Å². The molecular formula is C19H21N3O4. The van der Waals surface area contributed by atoms with Crippen molar-refractivity contribution in [1.82, 2.24) is 5.43 Å². The second kappa shape index (κ2) is 7.51. The van der Waals surface area contributed by atoms with E-state index in [1.54, 1.807) is 6.07 Å². The number of rotatable bonds is 5. The molecule has 0 spiro atoms. The van der Waals surface area contributed by atoms with Crippen LogP contribution in [0.1, 0.15) is 30.6 Å². The van der Waals surface area contributed by atoms with Gasteiger partial charge in [-0.15, -0.1) is 0 Å². The van der Waals surface area contributed by atoms with Crippen LogP contribution in [0.4, 0.5) is 5.88 Å². The number of furan rings is 1. The highest BCUT2D eigenvalue weighted by molar-refractivity contribution is 5.82. The SMILES string of the molecule is O=C(Cc1ccc2c(c1)OCO2)NN=Cc1ccc(N2CCCCC2)o1. The minimum Gasteiger partial charge on any atom is -0.454 e. The van der Waals surface area contributed by atoms with Crippen LogP contribution in [-0.2, 0) is 11.2 Å². The molecule has 1 saturated heterocycles. The Kier molecular flexibility index (Phi) is 4.77. The average molecular weight is 355 g/mol. The average Bonchev–Trinajstić information content (AvgIpc) is 3.31. The maximum absolute atomic E-state index is 12.0. The highest BCUT2D eigenvalue weighted by atomic mass is 16.7. The lowest BCUT2D eigenvalue weighted by molar-refractivity contribution is -0.120. The first-order valence-electron chi connectivity index (χ1n) is 8.83. The molecule has 26 heavy (non-hydrogen) atoms. The number of anilines is 1. The number of fused-ring (bicyclic) bond motifs is 1. The Hall–Kier alpha value is -2.96. The Labute approximate surface area is 151 Å². The monoisotopic (exact) mass is 355 g/mol. The molecule has 3 heterocycles. The zero-order valence-corrected chi connectivity index (χ0v) is 14.4. The molecule has 7 nitrogen and oxygen atoms in total. The number of carbonyl (C=O) groups is 1. The van der Waals surface area contributed by atoms with Gasteiger partial charge in [0.15, 0.2) is 17.4 Å². The first kappa shape index (κ1) is 16.5. The van der Waals surface area contributed by atoms with Crippen LogP contribution in [0.5, 0.6) is 11.5 Å². The largest absolute Gasteiger partial charge is 0.454 e. The summed E-state index contributed by atoms with van der Waals surface area (Å²) in [6, 6.07) is 9.26. The van der Waals surface area contributed by atoms with Crippen LogP contribution in [0, 0.1) is 0 Å². The number of hydrazone groups is 1. The van der Waals surface area contributed by atoms with Crippen LogP contribution in [-0.4, -0.2) is 32.0 Å². The fourth-order valence-electron chi connectivity index (χ4n) is 3.14. The van der Waals surface area contributed by atoms with Gasteiger partial charge in [0.1, 0.15) is 5.76 Å². The third kappa shape index (κ3) is 3.82. The molecule has 136 valence electrons. The van der Waals surface area contributed by atoms with Crippen molar-refractivity contribution in [3.63, 3.8) is 0 Å². The molecule has 0 bridgehead atoms. The predicted octanol–water partition coefficient (Wildman–Crippen LogP) is 2.69. The van der Waals surface area contributed by atoms with Gasteiger partial charge in [0.25, 0.3) is 0 Å². The van der Waals surface area contributed by atoms with Gasteiger partial charge in [-0.2, -0.15) is 5.10 Å². The van der Waals surface area contributed by atoms with Gasteiger partial charge in [0.05, 0.1) is 12.6 Å². The van der Waals surface area contributed by atoms with E-state index in [2.05, 4.69) is 15.4 Å². The lowest BCUT2D eigenvalue weighted by atomic mass is 10.1. The van der Waals surface area contributed by atoms with Crippen LogP contribution >= 0.6 is 0 Å². The van der Waals surface area contributed by atoms with Gasteiger partial charge in [-0.25, -0.2) is 5.43 Å². The normalized spacial score (nSPS) is 16.2. The maximum atomic E-state index is 12.0. The molecule has 1 fully saturated rings. The number of nitrogens with zero attached hydrogens (tertiary/aromatic N) is 2. The molecule has 7 heteroatoms. The molecule has 1 N–H and O–H groups in total. The van der Waals surface area contributed by atoms with Gasteiger partial charge in [-0.1, -0.05) is 6.07 Å². The molecule has 0 aliphatic carbocycles. The summed E-state index contributed by atoms with van der Waals surface area (Å²) in [5.74, 6) is 2.64. The molecule has 0 radical (unpaired) electrons. The third-order valence-electron chi connectivity index (χ3n) is 4.46. The summed E-state index contributed by atoms with van der Waals surface area (Å²) in [5, 5.41) is 3.98. The van der Waals surface area contributed by atoms with Gasteiger partial charge in [0, 0.05) is 19.2 Å². The predicted molar refractivity (Wildman–Crippen MR) is 96.8 cm³/mol. The number of amides is 1. The van der Waals surface area contributed by atoms with Crippen molar-refractivity contribution in [3.8, 4) is 11.5 Å². The Morgan fingerprint density at radius 2 is 1.96 bits per heavy atom. The van der Waals surface area contributed by atoms with E-state index in [1.165, 1.54) is 25.5 Å². The van der Waals surface area contributed by atoms with E-state index in [1.807, 2.05) is 24.3 Å². The number of nitrogens with one attached hydrogen (secondary N) is 1. The van der Waals surface area contributed by atoms with Crippen molar-refractivity contribution >= 4 is 18.0 Å². The summed E-state index contributed by atoms with van der Waals surface area (Å²) in [7, 11) is 0. The van der Waals surface area contributed by atoms with Crippen molar-refractivity contribution in [1.29, 1.82) is 0 Å². The van der Waals surface area contributed by atoms with Gasteiger partial charge >= 0.3 is 0 Å². The second-order valence-corrected chi connectivity index (χ2v) is 6.38. The zero-order chi connectivity index (χ0) is 17.8. The fourth-order valence-corrected chi connectivity index (χ4v) is 3.14. The molecule has 0 saturated carbocycles. The van der Waals surface area contributed by atoms with E-state index >= 15 is 0 Å². The molecule has 4 rings (SSSR count). The number of carbonyl (C=O) groups excluding carboxylic acids is 1. The van der Waals surface area contributed by atoms with E-state index in [4.69, 9.17) is 13.9 Å². The quantitative estimate of drug-likeness (QED) is 0.659. The third-order valence-corrected chi connectivity index (χ3v) is 4.46. The highest BCUT2D eigenvalue weighted by Gasteiger charge is 2.15. The van der Waals surface area contributed by atoms with Gasteiger partial charge in [-0.05, 0) is 43.0 Å². The van der Waals surface area contributed by atoms with Crippen LogP contribution in [0.25, 0.3) is 0 Å². The first-order chi connectivity index (χ1) is 12.8. The Morgan fingerprint density at radius 3 is 2.85 bits per heavy atom. The lowest BCUT2D eigenvalue weighted by Crippen LogP contribution is -2.28. The number of piperidine rings is 1. The number of hydrogen-bond acceptors (Lipinski definition) is 6. The molecule has 0 unspecified atom stereocenters. The van der Waals surface area contributed by atoms with Crippen LogP contribution in [0.3, 0.4) is 0 Å². The van der Waals surface area contributed by atoms with Crippen molar-refractivity contribution in [2.75, 3.05) is 24.8 Å². The van der Waals surface area contributed by atoms with E-state index in [9.17, 15) is 4.79 Å². The minimum atomic E-state index is -0.206. The van der Waals surface area contributed by atoms with E-state index in [-0.39, 0.29) is 19.1 Å². The molecule has 2 aromatic rings. The summed E-state index contributed by atoms with van der Waals surface area (Å²) in [6.07, 6.45) is 5.40. The summed E-state index contributed by atoms with van der Waals surface area (Å²) in [4.78, 5) is 14.3. The molecule has 1 amide bonds. The summed E-state index contributed by atoms with van der Waals surface area (Å²) < 4.78 is 16.3. The molecule has 0 atom stereocenters. The molecular weight excluding hydrogens is 334 g/mol. The van der Waals surface area contributed by atoms with E-state index in [0.29, 0.717) is 17.3 Å². The smallest absolute Gasteiger partial charge is 0.244 e. The molecule has 2 aliphatic heterocycles. The Bertz CT molecular complexity index is 809. The Morgan fingerprint density at radius 1 is 1.12 bits per heavy atom. The fraction of sp³-hybridized carbons (Fsp3) is 0.368. The molecule has 1 aromatic heterocycles. The van der Waals surface area contributed by atoms with Crippen molar-refractivity contribution in [3.05, 3.63) is 41.7 Å². The molecule has 1 aromatic carbocycles. The van der Waals surface area contributed by atoms with Crippen LogP contribution in [0.15, 0.2) is 39.9 Å². The van der Waals surface area contributed by atoms with Gasteiger partial charge < -0.3 is 18.8 Å². The minimum absolute atomic E-state index is 0.206. The van der Waals surface area contributed by atoms with Crippen molar-refractivity contribution in [2.24, 2.45) is 5.10 Å². The van der Waals surface area contributed by atoms with Gasteiger partial charge in [0.2, 0.25) is 12.7 Å². The highest BCUT2D eigenvalue weighted by Crippen LogP contribution is 2.32. The van der Waals surface area contributed by atoms with Crippen LogP contribution < -0.4 is 19.8 Å². The maximum Gasteiger partial charge on any atom is 0.244 e. The summed E-state index contributed by atoms with van der Waals surface area (Å²) in [6.45, 7) is 2.27. The van der Waals surface area contributed by atoms with Crippen molar-refractivity contribution < 1.29 is 18.7 Å². The van der Waals surface area contributed by atoms with E-state index < -0.39 is 0 Å². The molecule has 2 aliphatic rings. The zero-order valence-electron chi connectivity index (χ0n) is 14.4. The summed E-state index contributed by atoms with van der Waals surface area (Å²) >= 11 is 0. The number of hydrogen-bond donors (Lipinski definition) is 1. The van der Waals surface area contributed by atoms with Crippen LogP contribution in [0.2, 0.25) is 0 Å². The van der Waals surface area contributed by atoms with Crippen molar-refractivity contribution in [2.45, 2.75) is 25.7 Å². The standard InChI is InChI=1S/C19H21N3O4/c23-18(11-14-4-6-16-17(10-14)25-13-24-16)21-20-12-15-5-7-19(26-15)22-8-2-1-3-9-22/h4-7,10,12H,1-3,8-9,11,13H2,(H,21,23). The van der Waals surface area contributed by atoms with Gasteiger partial charge in [-0.3, -0.25) is 4.79 Å². The lowest BCUT2D eigenvalue weighted by Gasteiger charge is -2.25. The summed E-state index contributed by atoms with van der Waals surface area (Å²) in [5.41, 5.74) is 3.36. The first-order valence-corrected chi connectivity index (χ1v) is 8.83. The Balaban J connectivity index is 1.29. The number of benzene rings is 1. The number of ether oxygens (including phenoxy) is 2. The van der Waals surface area contributed by atoms with E-state index in [0.717, 1.165) is 24.5 Å².